The molecule has 0 aliphatic rings. The molecule has 2 aromatic carbocycles. The first kappa shape index (κ1) is 15.1. The van der Waals surface area contributed by atoms with Gasteiger partial charge in [0.05, 0.1) is 0 Å². The van der Waals surface area contributed by atoms with E-state index in [1.165, 1.54) is 16.8 Å². The minimum absolute atomic E-state index is 1.07. The normalized spacial score (nSPS) is 11.2. The minimum atomic E-state index is -2.11. The molecule has 0 aliphatic heterocycles. The molecule has 0 atom stereocenters. The predicted molar refractivity (Wildman–Crippen MR) is 92.6 cm³/mol. The van der Waals surface area contributed by atoms with E-state index in [1.54, 1.807) is 0 Å². The summed E-state index contributed by atoms with van der Waals surface area (Å²) in [4.78, 5) is 0. The van der Waals surface area contributed by atoms with Crippen LogP contribution in [0.15, 0.2) is 73.3 Å². The fourth-order valence-electron chi connectivity index (χ4n) is 2.52. The van der Waals surface area contributed by atoms with Gasteiger partial charge < -0.3 is 0 Å². The van der Waals surface area contributed by atoms with Crippen molar-refractivity contribution in [3.05, 3.63) is 73.3 Å². The summed E-state index contributed by atoms with van der Waals surface area (Å²) in [5.41, 5.74) is 0. The summed E-state index contributed by atoms with van der Waals surface area (Å²) in [6.45, 7) is 3.79. The molecule has 0 fully saturated rings. The third kappa shape index (κ3) is 3.62. The van der Waals surface area contributed by atoms with Crippen LogP contribution >= 0.6 is 11.1 Å². The fraction of sp³-hybridized carbons (Fsp3) is 0.222. The van der Waals surface area contributed by atoms with E-state index in [-0.39, 0.29) is 0 Å². The van der Waals surface area contributed by atoms with E-state index in [1.807, 2.05) is 6.08 Å². The fourth-order valence-corrected chi connectivity index (χ4v) is 6.76. The molecule has 0 saturated carbocycles. The second-order valence-electron chi connectivity index (χ2n) is 5.07. The summed E-state index contributed by atoms with van der Waals surface area (Å²) in [5, 5.41) is 2.62. The first-order valence-corrected chi connectivity index (χ1v) is 10.4. The summed E-state index contributed by atoms with van der Waals surface area (Å²) in [6.07, 6.45) is 5.39. The molecule has 0 aliphatic carbocycles. The highest BCUT2D eigenvalue weighted by molar-refractivity contribution is 7.34. The number of unbranched alkanes of at least 4 members (excludes halogenated alkanes) is 2. The van der Waals surface area contributed by atoms with Crippen LogP contribution in [0.2, 0.25) is 6.04 Å². The Hall–Kier alpha value is -1.31. The van der Waals surface area contributed by atoms with Gasteiger partial charge in [0.15, 0.2) is 0 Å². The number of hydrogen-bond donors (Lipinski definition) is 0. The Morgan fingerprint density at radius 2 is 1.35 bits per heavy atom. The number of halogens is 1. The molecule has 2 aromatic rings. The SMILES string of the molecule is C=CCCCC[Si](Cl)(c1ccccc1)c1ccccc1. The zero-order valence-corrected chi connectivity index (χ0v) is 13.5. The molecule has 0 N–H and O–H groups in total. The van der Waals surface area contributed by atoms with Crippen molar-refractivity contribution in [2.45, 2.75) is 25.3 Å². The van der Waals surface area contributed by atoms with Gasteiger partial charge in [-0.25, -0.2) is 0 Å². The smallest absolute Gasteiger partial charge is 0.155 e. The molecule has 0 spiro atoms. The van der Waals surface area contributed by atoms with Crippen LogP contribution in [0.5, 0.6) is 0 Å². The van der Waals surface area contributed by atoms with Crippen molar-refractivity contribution in [1.29, 1.82) is 0 Å². The number of benzene rings is 2. The van der Waals surface area contributed by atoms with Gasteiger partial charge in [0.1, 0.15) is 0 Å². The largest absolute Gasteiger partial charge is 0.217 e. The monoisotopic (exact) mass is 300 g/mol. The van der Waals surface area contributed by atoms with Gasteiger partial charge in [0, 0.05) is 0 Å². The first-order valence-electron chi connectivity index (χ1n) is 7.18. The van der Waals surface area contributed by atoms with Gasteiger partial charge >= 0.3 is 0 Å². The maximum Gasteiger partial charge on any atom is 0.217 e. The summed E-state index contributed by atoms with van der Waals surface area (Å²) in [6, 6.07) is 22.3. The van der Waals surface area contributed by atoms with Crippen LogP contribution in [0, 0.1) is 0 Å². The van der Waals surface area contributed by atoms with Crippen LogP contribution in [-0.2, 0) is 0 Å². The zero-order valence-electron chi connectivity index (χ0n) is 11.8. The van der Waals surface area contributed by atoms with Crippen molar-refractivity contribution in [1.82, 2.24) is 0 Å². The maximum absolute atomic E-state index is 7.18. The summed E-state index contributed by atoms with van der Waals surface area (Å²) < 4.78 is 0. The zero-order chi connectivity index (χ0) is 14.3. The quantitative estimate of drug-likeness (QED) is 0.309. The topological polar surface area (TPSA) is 0 Å². The average Bonchev–Trinajstić information content (AvgIpc) is 2.53. The predicted octanol–water partition coefficient (Wildman–Crippen LogP) is 4.34. The van der Waals surface area contributed by atoms with E-state index in [4.69, 9.17) is 11.1 Å². The van der Waals surface area contributed by atoms with Crippen LogP contribution in [0.3, 0.4) is 0 Å². The average molecular weight is 301 g/mol. The standard InChI is InChI=1S/C18H21ClSi/c1-2-3-4-11-16-20(19,17-12-7-5-8-13-17)18-14-9-6-10-15-18/h2,5-10,12-15H,1,3-4,11,16H2. The molecular formula is C18H21ClSi. The van der Waals surface area contributed by atoms with Crippen molar-refractivity contribution in [2.24, 2.45) is 0 Å². The molecule has 0 radical (unpaired) electrons. The summed E-state index contributed by atoms with van der Waals surface area (Å²) in [5.74, 6) is 0. The highest BCUT2D eigenvalue weighted by atomic mass is 35.6. The Morgan fingerprint density at radius 1 is 0.850 bits per heavy atom. The first-order chi connectivity index (χ1) is 9.77. The molecule has 0 heterocycles. The van der Waals surface area contributed by atoms with Crippen molar-refractivity contribution in [2.75, 3.05) is 0 Å². The molecule has 0 nitrogen and oxygen atoms in total. The second kappa shape index (κ2) is 7.46. The molecule has 0 amide bonds. The highest BCUT2D eigenvalue weighted by Gasteiger charge is 2.34. The van der Waals surface area contributed by atoms with E-state index in [9.17, 15) is 0 Å². The third-order valence-electron chi connectivity index (χ3n) is 3.64. The van der Waals surface area contributed by atoms with E-state index in [0.29, 0.717) is 0 Å². The third-order valence-corrected chi connectivity index (χ3v) is 9.06. The highest BCUT2D eigenvalue weighted by Crippen LogP contribution is 2.20. The van der Waals surface area contributed by atoms with Crippen LogP contribution < -0.4 is 10.4 Å². The lowest BCUT2D eigenvalue weighted by molar-refractivity contribution is 0.809. The molecule has 20 heavy (non-hydrogen) atoms. The van der Waals surface area contributed by atoms with Gasteiger partial charge in [0.2, 0.25) is 7.38 Å². The maximum atomic E-state index is 7.18. The van der Waals surface area contributed by atoms with E-state index in [2.05, 4.69) is 67.2 Å². The molecular weight excluding hydrogens is 280 g/mol. The van der Waals surface area contributed by atoms with Crippen molar-refractivity contribution < 1.29 is 0 Å². The summed E-state index contributed by atoms with van der Waals surface area (Å²) >= 11 is 7.18. The van der Waals surface area contributed by atoms with Gasteiger partial charge in [0.25, 0.3) is 0 Å². The van der Waals surface area contributed by atoms with Crippen molar-refractivity contribution in [3.8, 4) is 0 Å². The van der Waals surface area contributed by atoms with Gasteiger partial charge in [-0.05, 0) is 22.8 Å². The van der Waals surface area contributed by atoms with Crippen LogP contribution in [0.4, 0.5) is 0 Å². The molecule has 0 unspecified atom stereocenters. The second-order valence-corrected chi connectivity index (χ2v) is 10.3. The Balaban J connectivity index is 2.26. The molecule has 2 heteroatoms. The lowest BCUT2D eigenvalue weighted by atomic mass is 10.2. The van der Waals surface area contributed by atoms with Crippen molar-refractivity contribution in [3.63, 3.8) is 0 Å². The Morgan fingerprint density at radius 3 is 1.80 bits per heavy atom. The summed E-state index contributed by atoms with van der Waals surface area (Å²) in [7, 11) is -2.11. The van der Waals surface area contributed by atoms with Gasteiger partial charge in [-0.1, -0.05) is 79.6 Å². The van der Waals surface area contributed by atoms with Gasteiger partial charge in [-0.3, -0.25) is 0 Å². The molecule has 0 bridgehead atoms. The molecule has 0 saturated heterocycles. The Labute approximate surface area is 127 Å². The Kier molecular flexibility index (Phi) is 5.63. The van der Waals surface area contributed by atoms with Gasteiger partial charge in [-0.2, -0.15) is 11.1 Å². The minimum Gasteiger partial charge on any atom is -0.155 e. The van der Waals surface area contributed by atoms with Crippen LogP contribution in [0.25, 0.3) is 0 Å². The number of rotatable bonds is 7. The molecule has 0 aromatic heterocycles. The lowest BCUT2D eigenvalue weighted by Crippen LogP contribution is -2.53. The van der Waals surface area contributed by atoms with E-state index >= 15 is 0 Å². The number of allylic oxidation sites excluding steroid dienone is 1. The lowest BCUT2D eigenvalue weighted by Gasteiger charge is -2.25. The van der Waals surface area contributed by atoms with E-state index < -0.39 is 7.38 Å². The molecule has 2 rings (SSSR count). The van der Waals surface area contributed by atoms with Crippen LogP contribution in [0.1, 0.15) is 19.3 Å². The van der Waals surface area contributed by atoms with E-state index in [0.717, 1.165) is 18.9 Å². The molecule has 104 valence electrons. The van der Waals surface area contributed by atoms with Gasteiger partial charge in [-0.15, -0.1) is 6.58 Å². The van der Waals surface area contributed by atoms with Crippen LogP contribution in [-0.4, -0.2) is 7.38 Å². The number of hydrogen-bond acceptors (Lipinski definition) is 0. The Bertz CT molecular complexity index is 482. The van der Waals surface area contributed by atoms with Crippen molar-refractivity contribution >= 4 is 28.8 Å².